The van der Waals surface area contributed by atoms with Crippen LogP contribution in [0.2, 0.25) is 0 Å². The summed E-state index contributed by atoms with van der Waals surface area (Å²) < 4.78 is 0.884. The maximum absolute atomic E-state index is 12.6. The molecule has 1 amide bonds. The summed E-state index contributed by atoms with van der Waals surface area (Å²) in [5.41, 5.74) is 1.88. The zero-order valence-corrected chi connectivity index (χ0v) is 13.2. The molecule has 1 aromatic carbocycles. The maximum atomic E-state index is 12.6. The number of allylic oxidation sites excluding steroid dienone is 1. The fourth-order valence-corrected chi connectivity index (χ4v) is 3.25. The van der Waals surface area contributed by atoms with Crippen LogP contribution in [0.4, 0.5) is 0 Å². The van der Waals surface area contributed by atoms with Crippen molar-refractivity contribution in [3.63, 3.8) is 0 Å². The first kappa shape index (κ1) is 13.6. The molecule has 0 atom stereocenters. The quantitative estimate of drug-likeness (QED) is 0.786. The van der Waals surface area contributed by atoms with E-state index < -0.39 is 5.41 Å². The minimum Gasteiger partial charge on any atom is -0.312 e. The van der Waals surface area contributed by atoms with Crippen LogP contribution in [0.15, 0.2) is 28.7 Å². The van der Waals surface area contributed by atoms with Gasteiger partial charge >= 0.3 is 0 Å². The lowest BCUT2D eigenvalue weighted by Crippen LogP contribution is -2.33. The van der Waals surface area contributed by atoms with Crippen molar-refractivity contribution in [1.82, 2.24) is 4.90 Å². The molecule has 1 saturated heterocycles. The smallest absolute Gasteiger partial charge is 0.227 e. The van der Waals surface area contributed by atoms with E-state index in [2.05, 4.69) is 15.9 Å². The Bertz CT molecular complexity index is 646. The van der Waals surface area contributed by atoms with E-state index in [1.165, 1.54) is 0 Å². The van der Waals surface area contributed by atoms with Gasteiger partial charge in [-0.2, -0.15) is 0 Å². The van der Waals surface area contributed by atoms with E-state index in [1.807, 2.05) is 43.0 Å². The molecule has 1 heterocycles. The van der Waals surface area contributed by atoms with Gasteiger partial charge in [0.15, 0.2) is 5.78 Å². The Morgan fingerprint density at radius 1 is 1.20 bits per heavy atom. The second-order valence-electron chi connectivity index (χ2n) is 5.92. The van der Waals surface area contributed by atoms with Crippen LogP contribution >= 0.6 is 15.9 Å². The number of benzene rings is 1. The SMILES string of the molecule is CC1(C)C=C(N2CCCC2=O)c2ccc(Br)cc2C1=O. The summed E-state index contributed by atoms with van der Waals surface area (Å²) >= 11 is 3.42. The molecule has 104 valence electrons. The van der Waals surface area contributed by atoms with Crippen LogP contribution in [-0.2, 0) is 4.79 Å². The molecule has 0 bridgehead atoms. The molecule has 0 aromatic heterocycles. The summed E-state index contributed by atoms with van der Waals surface area (Å²) in [5.74, 6) is 0.250. The van der Waals surface area contributed by atoms with Gasteiger partial charge in [-0.15, -0.1) is 0 Å². The van der Waals surface area contributed by atoms with E-state index in [-0.39, 0.29) is 11.7 Å². The molecular formula is C16H16BrNO2. The van der Waals surface area contributed by atoms with Crippen LogP contribution in [0.1, 0.15) is 42.6 Å². The highest BCUT2D eigenvalue weighted by Gasteiger charge is 2.37. The fourth-order valence-electron chi connectivity index (χ4n) is 2.89. The second-order valence-corrected chi connectivity index (χ2v) is 6.83. The first-order valence-corrected chi connectivity index (χ1v) is 7.57. The highest BCUT2D eigenvalue weighted by molar-refractivity contribution is 9.10. The van der Waals surface area contributed by atoms with Crippen LogP contribution in [0, 0.1) is 5.41 Å². The summed E-state index contributed by atoms with van der Waals surface area (Å²) in [6, 6.07) is 5.69. The van der Waals surface area contributed by atoms with E-state index in [0.29, 0.717) is 12.0 Å². The molecule has 4 heteroatoms. The standard InChI is InChI=1S/C16H16BrNO2/c1-16(2)9-13(18-7-3-4-14(18)19)11-6-5-10(17)8-12(11)15(16)20/h5-6,8-9H,3-4,7H2,1-2H3. The number of carbonyl (C=O) groups excluding carboxylic acids is 2. The molecule has 1 aliphatic carbocycles. The largest absolute Gasteiger partial charge is 0.312 e. The molecule has 1 aromatic rings. The van der Waals surface area contributed by atoms with E-state index in [4.69, 9.17) is 0 Å². The van der Waals surface area contributed by atoms with E-state index >= 15 is 0 Å². The Labute approximate surface area is 126 Å². The minimum atomic E-state index is -0.577. The number of rotatable bonds is 1. The minimum absolute atomic E-state index is 0.101. The van der Waals surface area contributed by atoms with Gasteiger partial charge in [-0.3, -0.25) is 9.59 Å². The second kappa shape index (κ2) is 4.55. The average molecular weight is 334 g/mol. The van der Waals surface area contributed by atoms with Gasteiger partial charge in [0.05, 0.1) is 0 Å². The third-order valence-electron chi connectivity index (χ3n) is 3.95. The fraction of sp³-hybridized carbons (Fsp3) is 0.375. The van der Waals surface area contributed by atoms with Crippen LogP contribution in [-0.4, -0.2) is 23.1 Å². The Morgan fingerprint density at radius 2 is 1.95 bits per heavy atom. The van der Waals surface area contributed by atoms with Gasteiger partial charge in [0.25, 0.3) is 0 Å². The summed E-state index contributed by atoms with van der Waals surface area (Å²) in [5, 5.41) is 0. The number of amides is 1. The van der Waals surface area contributed by atoms with Crippen molar-refractivity contribution in [2.45, 2.75) is 26.7 Å². The molecule has 0 unspecified atom stereocenters. The van der Waals surface area contributed by atoms with Gasteiger partial charge in [0, 0.05) is 39.7 Å². The van der Waals surface area contributed by atoms with Gasteiger partial charge in [0.2, 0.25) is 5.91 Å². The van der Waals surface area contributed by atoms with Crippen molar-refractivity contribution >= 4 is 33.3 Å². The van der Waals surface area contributed by atoms with E-state index in [0.717, 1.165) is 28.7 Å². The summed E-state index contributed by atoms with van der Waals surface area (Å²) in [7, 11) is 0. The summed E-state index contributed by atoms with van der Waals surface area (Å²) in [6.45, 7) is 4.55. The normalized spacial score (nSPS) is 20.9. The third-order valence-corrected chi connectivity index (χ3v) is 4.44. The molecule has 3 rings (SSSR count). The lowest BCUT2D eigenvalue weighted by Gasteiger charge is -2.32. The maximum Gasteiger partial charge on any atom is 0.227 e. The Balaban J connectivity index is 2.19. The molecule has 0 N–H and O–H groups in total. The summed E-state index contributed by atoms with van der Waals surface area (Å²) in [4.78, 5) is 26.4. The number of ketones is 1. The highest BCUT2D eigenvalue weighted by atomic mass is 79.9. The number of hydrogen-bond donors (Lipinski definition) is 0. The topological polar surface area (TPSA) is 37.4 Å². The highest BCUT2D eigenvalue weighted by Crippen LogP contribution is 2.40. The van der Waals surface area contributed by atoms with Crippen molar-refractivity contribution in [3.05, 3.63) is 39.9 Å². The number of halogens is 1. The molecule has 1 aliphatic heterocycles. The number of hydrogen-bond acceptors (Lipinski definition) is 2. The van der Waals surface area contributed by atoms with Gasteiger partial charge in [-0.25, -0.2) is 0 Å². The molecular weight excluding hydrogens is 318 g/mol. The van der Waals surface area contributed by atoms with Gasteiger partial charge in [0.1, 0.15) is 0 Å². The van der Waals surface area contributed by atoms with E-state index in [1.54, 1.807) is 0 Å². The van der Waals surface area contributed by atoms with Gasteiger partial charge in [-0.05, 0) is 38.5 Å². The zero-order chi connectivity index (χ0) is 14.5. The van der Waals surface area contributed by atoms with E-state index in [9.17, 15) is 9.59 Å². The van der Waals surface area contributed by atoms with Crippen molar-refractivity contribution in [2.75, 3.05) is 6.54 Å². The molecule has 3 nitrogen and oxygen atoms in total. The predicted molar refractivity (Wildman–Crippen MR) is 81.2 cm³/mol. The van der Waals surface area contributed by atoms with Crippen molar-refractivity contribution in [1.29, 1.82) is 0 Å². The number of carbonyl (C=O) groups is 2. The lowest BCUT2D eigenvalue weighted by molar-refractivity contribution is -0.124. The molecule has 0 spiro atoms. The first-order valence-electron chi connectivity index (χ1n) is 6.78. The number of likely N-dealkylation sites (tertiary alicyclic amines) is 1. The predicted octanol–water partition coefficient (Wildman–Crippen LogP) is 3.63. The number of fused-ring (bicyclic) bond motifs is 1. The Kier molecular flexibility index (Phi) is 3.09. The molecule has 20 heavy (non-hydrogen) atoms. The van der Waals surface area contributed by atoms with Crippen molar-refractivity contribution < 1.29 is 9.59 Å². The van der Waals surface area contributed by atoms with Crippen LogP contribution in [0.5, 0.6) is 0 Å². The number of nitrogens with zero attached hydrogens (tertiary/aromatic N) is 1. The monoisotopic (exact) mass is 333 g/mol. The Morgan fingerprint density at radius 3 is 2.60 bits per heavy atom. The van der Waals surface area contributed by atoms with Gasteiger partial charge < -0.3 is 4.90 Å². The van der Waals surface area contributed by atoms with Crippen LogP contribution in [0.3, 0.4) is 0 Å². The molecule has 1 fully saturated rings. The molecule has 0 radical (unpaired) electrons. The summed E-state index contributed by atoms with van der Waals surface area (Å²) in [6.07, 6.45) is 3.42. The Hall–Kier alpha value is -1.42. The number of Topliss-reactive ketones (excluding diaryl/α,β-unsaturated/α-hetero) is 1. The lowest BCUT2D eigenvalue weighted by atomic mass is 9.76. The van der Waals surface area contributed by atoms with Gasteiger partial charge in [-0.1, -0.05) is 22.0 Å². The molecule has 2 aliphatic rings. The third kappa shape index (κ3) is 2.03. The van der Waals surface area contributed by atoms with Crippen molar-refractivity contribution in [3.8, 4) is 0 Å². The van der Waals surface area contributed by atoms with Crippen LogP contribution < -0.4 is 0 Å². The first-order chi connectivity index (χ1) is 9.40. The average Bonchev–Trinajstić information content (AvgIpc) is 2.80. The van der Waals surface area contributed by atoms with Crippen molar-refractivity contribution in [2.24, 2.45) is 5.41 Å². The molecule has 0 saturated carbocycles. The zero-order valence-electron chi connectivity index (χ0n) is 11.6. The van der Waals surface area contributed by atoms with Crippen LogP contribution in [0.25, 0.3) is 5.70 Å².